The van der Waals surface area contributed by atoms with E-state index in [0.29, 0.717) is 17.6 Å². The molecule has 0 bridgehead atoms. The maximum absolute atomic E-state index is 11.6. The van der Waals surface area contributed by atoms with Crippen molar-refractivity contribution in [1.29, 1.82) is 0 Å². The number of hydrogen-bond acceptors (Lipinski definition) is 3. The van der Waals surface area contributed by atoms with Crippen LogP contribution in [-0.4, -0.2) is 28.6 Å². The first-order valence-electron chi connectivity index (χ1n) is 6.20. The zero-order valence-corrected chi connectivity index (χ0v) is 11.5. The molecule has 0 spiro atoms. The van der Waals surface area contributed by atoms with E-state index in [1.165, 1.54) is 6.08 Å². The highest BCUT2D eigenvalue weighted by atomic mass is 16.4. The molecule has 4 heteroatoms. The average Bonchev–Trinajstić information content (AvgIpc) is 2.24. The van der Waals surface area contributed by atoms with Gasteiger partial charge < -0.3 is 10.2 Å². The fourth-order valence-electron chi connectivity index (χ4n) is 2.43. The predicted octanol–water partition coefficient (Wildman–Crippen LogP) is 2.11. The summed E-state index contributed by atoms with van der Waals surface area (Å²) in [7, 11) is 0. The Bertz CT molecular complexity index is 467. The standard InChI is InChI=1S/C15H20O4/c1-10(6-14(18)19)4-5-13-11(9-16)7-12(17)8-15(13,2)3/h4-7,13,16H,8-9H2,1-3H3,(H,18,19)/b5-4+,10-6-/t13-/m0/s1. The van der Waals surface area contributed by atoms with Gasteiger partial charge in [0.05, 0.1) is 6.61 Å². The molecule has 1 atom stereocenters. The molecule has 104 valence electrons. The number of carbonyl (C=O) groups excluding carboxylic acids is 1. The lowest BCUT2D eigenvalue weighted by atomic mass is 9.68. The van der Waals surface area contributed by atoms with Crippen LogP contribution in [0.5, 0.6) is 0 Å². The van der Waals surface area contributed by atoms with Gasteiger partial charge >= 0.3 is 5.97 Å². The maximum atomic E-state index is 11.6. The Morgan fingerprint density at radius 1 is 1.53 bits per heavy atom. The number of carboxylic acids is 1. The highest BCUT2D eigenvalue weighted by Gasteiger charge is 2.35. The van der Waals surface area contributed by atoms with E-state index < -0.39 is 5.97 Å². The van der Waals surface area contributed by atoms with Gasteiger partial charge in [0.1, 0.15) is 0 Å². The summed E-state index contributed by atoms with van der Waals surface area (Å²) < 4.78 is 0. The smallest absolute Gasteiger partial charge is 0.328 e. The number of hydrogen-bond donors (Lipinski definition) is 2. The largest absolute Gasteiger partial charge is 0.478 e. The summed E-state index contributed by atoms with van der Waals surface area (Å²) in [6, 6.07) is 0. The van der Waals surface area contributed by atoms with Crippen molar-refractivity contribution in [1.82, 2.24) is 0 Å². The van der Waals surface area contributed by atoms with Crippen molar-refractivity contribution in [3.8, 4) is 0 Å². The van der Waals surface area contributed by atoms with Gasteiger partial charge in [-0.3, -0.25) is 4.79 Å². The van der Waals surface area contributed by atoms with Crippen LogP contribution in [0.15, 0.2) is 35.5 Å². The number of aliphatic hydroxyl groups is 1. The number of carbonyl (C=O) groups is 2. The third-order valence-electron chi connectivity index (χ3n) is 3.30. The van der Waals surface area contributed by atoms with E-state index in [1.54, 1.807) is 13.0 Å². The van der Waals surface area contributed by atoms with E-state index in [-0.39, 0.29) is 23.7 Å². The second-order valence-electron chi connectivity index (χ2n) is 5.57. The molecule has 0 saturated carbocycles. The molecule has 0 unspecified atom stereocenters. The van der Waals surface area contributed by atoms with Crippen LogP contribution in [0.1, 0.15) is 27.2 Å². The molecule has 0 saturated heterocycles. The Labute approximate surface area is 113 Å². The van der Waals surface area contributed by atoms with Gasteiger partial charge in [0.2, 0.25) is 0 Å². The van der Waals surface area contributed by atoms with Gasteiger partial charge in [-0.05, 0) is 29.6 Å². The fourth-order valence-corrected chi connectivity index (χ4v) is 2.43. The molecule has 1 rings (SSSR count). The molecule has 0 amide bonds. The van der Waals surface area contributed by atoms with Crippen molar-refractivity contribution in [2.24, 2.45) is 11.3 Å². The van der Waals surface area contributed by atoms with Crippen molar-refractivity contribution >= 4 is 11.8 Å². The molecule has 0 heterocycles. The number of rotatable bonds is 4. The van der Waals surface area contributed by atoms with E-state index >= 15 is 0 Å². The first kappa shape index (κ1) is 15.4. The zero-order chi connectivity index (χ0) is 14.6. The molecular weight excluding hydrogens is 244 g/mol. The van der Waals surface area contributed by atoms with Crippen LogP contribution in [0.2, 0.25) is 0 Å². The van der Waals surface area contributed by atoms with Gasteiger partial charge in [0, 0.05) is 18.4 Å². The van der Waals surface area contributed by atoms with Crippen molar-refractivity contribution < 1.29 is 19.8 Å². The normalized spacial score (nSPS) is 23.6. The van der Waals surface area contributed by atoms with Gasteiger partial charge in [-0.1, -0.05) is 26.0 Å². The van der Waals surface area contributed by atoms with Crippen LogP contribution in [0.3, 0.4) is 0 Å². The van der Waals surface area contributed by atoms with Crippen molar-refractivity contribution in [2.75, 3.05) is 6.61 Å². The SMILES string of the molecule is CC(=C/C(=O)O)/C=C/[C@H]1C(CO)=CC(=O)CC1(C)C. The third kappa shape index (κ3) is 4.17. The monoisotopic (exact) mass is 264 g/mol. The number of ketones is 1. The predicted molar refractivity (Wildman–Crippen MR) is 72.6 cm³/mol. The van der Waals surface area contributed by atoms with E-state index in [4.69, 9.17) is 5.11 Å². The van der Waals surface area contributed by atoms with Crippen LogP contribution in [-0.2, 0) is 9.59 Å². The molecule has 4 nitrogen and oxygen atoms in total. The van der Waals surface area contributed by atoms with Gasteiger partial charge in [-0.2, -0.15) is 0 Å². The number of aliphatic hydroxyl groups excluding tert-OH is 1. The van der Waals surface area contributed by atoms with Crippen LogP contribution in [0.25, 0.3) is 0 Å². The van der Waals surface area contributed by atoms with Crippen LogP contribution < -0.4 is 0 Å². The molecule has 0 aliphatic heterocycles. The maximum Gasteiger partial charge on any atom is 0.328 e. The van der Waals surface area contributed by atoms with Gasteiger partial charge in [-0.15, -0.1) is 0 Å². The molecule has 19 heavy (non-hydrogen) atoms. The minimum Gasteiger partial charge on any atom is -0.478 e. The fraction of sp³-hybridized carbons (Fsp3) is 0.467. The lowest BCUT2D eigenvalue weighted by Crippen LogP contribution is -2.32. The van der Waals surface area contributed by atoms with Crippen LogP contribution in [0.4, 0.5) is 0 Å². The molecule has 1 aliphatic rings. The summed E-state index contributed by atoms with van der Waals surface area (Å²) >= 11 is 0. The van der Waals surface area contributed by atoms with Crippen molar-refractivity contribution in [3.05, 3.63) is 35.5 Å². The second-order valence-corrected chi connectivity index (χ2v) is 5.57. The summed E-state index contributed by atoms with van der Waals surface area (Å²) in [5, 5.41) is 18.0. The first-order valence-corrected chi connectivity index (χ1v) is 6.20. The molecule has 0 aromatic heterocycles. The van der Waals surface area contributed by atoms with E-state index in [9.17, 15) is 14.7 Å². The average molecular weight is 264 g/mol. The quantitative estimate of drug-likeness (QED) is 0.602. The Morgan fingerprint density at radius 2 is 2.16 bits per heavy atom. The third-order valence-corrected chi connectivity index (χ3v) is 3.30. The highest BCUT2D eigenvalue weighted by molar-refractivity contribution is 5.92. The summed E-state index contributed by atoms with van der Waals surface area (Å²) in [4.78, 5) is 22.1. The molecule has 0 aromatic carbocycles. The second kappa shape index (κ2) is 5.97. The van der Waals surface area contributed by atoms with Gasteiger partial charge in [0.15, 0.2) is 5.78 Å². The van der Waals surface area contributed by atoms with Crippen molar-refractivity contribution in [3.63, 3.8) is 0 Å². The van der Waals surface area contributed by atoms with Crippen LogP contribution >= 0.6 is 0 Å². The Kier molecular flexibility index (Phi) is 4.84. The summed E-state index contributed by atoms with van der Waals surface area (Å²) in [6.45, 7) is 5.48. The minimum atomic E-state index is -0.988. The van der Waals surface area contributed by atoms with Gasteiger partial charge in [0.25, 0.3) is 0 Å². The lowest BCUT2D eigenvalue weighted by molar-refractivity contribution is -0.131. The van der Waals surface area contributed by atoms with Gasteiger partial charge in [-0.25, -0.2) is 4.79 Å². The lowest BCUT2D eigenvalue weighted by Gasteiger charge is -2.36. The van der Waals surface area contributed by atoms with E-state index in [0.717, 1.165) is 6.08 Å². The zero-order valence-electron chi connectivity index (χ0n) is 11.5. The van der Waals surface area contributed by atoms with Crippen LogP contribution in [0, 0.1) is 11.3 Å². The Balaban J connectivity index is 3.02. The van der Waals surface area contributed by atoms with Crippen molar-refractivity contribution in [2.45, 2.75) is 27.2 Å². The number of allylic oxidation sites excluding steroid dienone is 4. The molecule has 2 N–H and O–H groups in total. The number of aliphatic carboxylic acids is 1. The molecule has 0 aromatic rings. The summed E-state index contributed by atoms with van der Waals surface area (Å²) in [6.07, 6.45) is 6.63. The van der Waals surface area contributed by atoms with E-state index in [1.807, 2.05) is 19.9 Å². The summed E-state index contributed by atoms with van der Waals surface area (Å²) in [5.74, 6) is -1.03. The molecule has 1 aliphatic carbocycles. The Hall–Kier alpha value is -1.68. The molecular formula is C15H20O4. The topological polar surface area (TPSA) is 74.6 Å². The molecule has 0 radical (unpaired) electrons. The van der Waals surface area contributed by atoms with E-state index in [2.05, 4.69) is 0 Å². The minimum absolute atomic E-state index is 0.0245. The first-order chi connectivity index (χ1) is 8.76. The number of carboxylic acid groups (broad SMARTS) is 1. The highest BCUT2D eigenvalue weighted by Crippen LogP contribution is 2.40. The molecule has 0 fully saturated rings. The summed E-state index contributed by atoms with van der Waals surface area (Å²) in [5.41, 5.74) is 1.03. The Morgan fingerprint density at radius 3 is 2.68 bits per heavy atom.